The molecule has 0 aromatic carbocycles. The van der Waals surface area contributed by atoms with Crippen LogP contribution in [0.4, 0.5) is 4.79 Å². The van der Waals surface area contributed by atoms with Gasteiger partial charge in [-0.3, -0.25) is 4.90 Å². The van der Waals surface area contributed by atoms with Gasteiger partial charge in [0.15, 0.2) is 0 Å². The van der Waals surface area contributed by atoms with E-state index < -0.39 is 6.03 Å². The molecule has 0 saturated heterocycles. The SMILES string of the molecule is CC1=CCN(C(N)=O)C=C1. The van der Waals surface area contributed by atoms with Crippen LogP contribution in [-0.4, -0.2) is 17.5 Å². The fraction of sp³-hybridized carbons (Fsp3) is 0.286. The molecule has 0 aromatic heterocycles. The third-order valence-corrected chi connectivity index (χ3v) is 1.41. The van der Waals surface area contributed by atoms with Crippen molar-refractivity contribution in [3.8, 4) is 0 Å². The Hall–Kier alpha value is -1.25. The van der Waals surface area contributed by atoms with Crippen molar-refractivity contribution < 1.29 is 4.79 Å². The third-order valence-electron chi connectivity index (χ3n) is 1.41. The molecular formula is C7H10N2O. The molecule has 2 N–H and O–H groups in total. The zero-order valence-electron chi connectivity index (χ0n) is 5.87. The lowest BCUT2D eigenvalue weighted by atomic mass is 10.2. The molecule has 0 fully saturated rings. The van der Waals surface area contributed by atoms with Crippen LogP contribution in [0.25, 0.3) is 0 Å². The largest absolute Gasteiger partial charge is 0.351 e. The van der Waals surface area contributed by atoms with Crippen LogP contribution in [-0.2, 0) is 0 Å². The third kappa shape index (κ3) is 1.37. The first-order chi connectivity index (χ1) is 4.70. The minimum Gasteiger partial charge on any atom is -0.351 e. The average Bonchev–Trinajstić information content (AvgIpc) is 1.88. The van der Waals surface area contributed by atoms with Crippen LogP contribution in [0.2, 0.25) is 0 Å². The molecule has 0 bridgehead atoms. The molecule has 3 heteroatoms. The summed E-state index contributed by atoms with van der Waals surface area (Å²) in [6, 6.07) is -0.403. The van der Waals surface area contributed by atoms with Crippen molar-refractivity contribution in [2.45, 2.75) is 6.92 Å². The topological polar surface area (TPSA) is 46.3 Å². The molecule has 0 aromatic rings. The van der Waals surface area contributed by atoms with Crippen molar-refractivity contribution in [1.82, 2.24) is 4.90 Å². The summed E-state index contributed by atoms with van der Waals surface area (Å²) in [7, 11) is 0. The summed E-state index contributed by atoms with van der Waals surface area (Å²) in [5, 5.41) is 0. The van der Waals surface area contributed by atoms with Gasteiger partial charge in [0, 0.05) is 12.7 Å². The van der Waals surface area contributed by atoms with Gasteiger partial charge in [0.05, 0.1) is 0 Å². The average molecular weight is 138 g/mol. The first kappa shape index (κ1) is 6.86. The molecule has 2 amide bonds. The predicted octanol–water partition coefficient (Wildman–Crippen LogP) is 0.841. The van der Waals surface area contributed by atoms with E-state index in [2.05, 4.69) is 0 Å². The number of amides is 2. The fourth-order valence-electron chi connectivity index (χ4n) is 0.742. The lowest BCUT2D eigenvalue weighted by Gasteiger charge is -2.16. The van der Waals surface area contributed by atoms with Crippen molar-refractivity contribution in [2.75, 3.05) is 6.54 Å². The maximum Gasteiger partial charge on any atom is 0.319 e. The van der Waals surface area contributed by atoms with E-state index in [-0.39, 0.29) is 0 Å². The Morgan fingerprint density at radius 2 is 2.50 bits per heavy atom. The Kier molecular flexibility index (Phi) is 1.76. The molecule has 1 aliphatic heterocycles. The van der Waals surface area contributed by atoms with E-state index in [0.717, 1.165) is 5.57 Å². The van der Waals surface area contributed by atoms with Crippen molar-refractivity contribution in [2.24, 2.45) is 5.73 Å². The van der Waals surface area contributed by atoms with Gasteiger partial charge < -0.3 is 5.73 Å². The lowest BCUT2D eigenvalue weighted by molar-refractivity contribution is 0.227. The van der Waals surface area contributed by atoms with Crippen LogP contribution in [0.1, 0.15) is 6.92 Å². The van der Waals surface area contributed by atoms with Crippen LogP contribution < -0.4 is 5.73 Å². The summed E-state index contributed by atoms with van der Waals surface area (Å²) in [4.78, 5) is 12.0. The minimum absolute atomic E-state index is 0.403. The van der Waals surface area contributed by atoms with Gasteiger partial charge in [0.1, 0.15) is 0 Å². The molecule has 0 saturated carbocycles. The maximum atomic E-state index is 10.5. The highest BCUT2D eigenvalue weighted by atomic mass is 16.2. The summed E-state index contributed by atoms with van der Waals surface area (Å²) in [5.41, 5.74) is 6.18. The highest BCUT2D eigenvalue weighted by Gasteiger charge is 2.05. The van der Waals surface area contributed by atoms with Gasteiger partial charge in [0.25, 0.3) is 0 Å². The van der Waals surface area contributed by atoms with Crippen molar-refractivity contribution >= 4 is 6.03 Å². The molecule has 0 atom stereocenters. The van der Waals surface area contributed by atoms with Gasteiger partial charge in [-0.15, -0.1) is 0 Å². The van der Waals surface area contributed by atoms with Gasteiger partial charge >= 0.3 is 6.03 Å². The number of hydrogen-bond acceptors (Lipinski definition) is 1. The molecule has 10 heavy (non-hydrogen) atoms. The Bertz CT molecular complexity index is 206. The molecular weight excluding hydrogens is 128 g/mol. The standard InChI is InChI=1S/C7H10N2O/c1-6-2-4-9(5-3-6)7(8)10/h2-4H,5H2,1H3,(H2,8,10). The van der Waals surface area contributed by atoms with E-state index in [0.29, 0.717) is 6.54 Å². The van der Waals surface area contributed by atoms with Crippen molar-refractivity contribution in [3.05, 3.63) is 23.9 Å². The number of rotatable bonds is 0. The van der Waals surface area contributed by atoms with Crippen LogP contribution in [0.15, 0.2) is 23.9 Å². The Morgan fingerprint density at radius 3 is 2.90 bits per heavy atom. The van der Waals surface area contributed by atoms with Gasteiger partial charge in [0.2, 0.25) is 0 Å². The number of nitrogens with zero attached hydrogens (tertiary/aromatic N) is 1. The van der Waals surface area contributed by atoms with E-state index in [4.69, 9.17) is 5.73 Å². The number of carbonyl (C=O) groups excluding carboxylic acids is 1. The summed E-state index contributed by atoms with van der Waals surface area (Å²) < 4.78 is 0. The number of allylic oxidation sites excluding steroid dienone is 2. The van der Waals surface area contributed by atoms with Gasteiger partial charge in [-0.25, -0.2) is 4.79 Å². The highest BCUT2D eigenvalue weighted by molar-refractivity contribution is 5.73. The normalized spacial score (nSPS) is 16.9. The molecule has 0 radical (unpaired) electrons. The Balaban J connectivity index is 2.60. The number of carbonyl (C=O) groups is 1. The first-order valence-electron chi connectivity index (χ1n) is 3.11. The smallest absolute Gasteiger partial charge is 0.319 e. The summed E-state index contributed by atoms with van der Waals surface area (Å²) >= 11 is 0. The predicted molar refractivity (Wildman–Crippen MR) is 39.2 cm³/mol. The van der Waals surface area contributed by atoms with Crippen molar-refractivity contribution in [3.63, 3.8) is 0 Å². The van der Waals surface area contributed by atoms with Gasteiger partial charge in [-0.05, 0) is 13.0 Å². The number of urea groups is 1. The molecule has 54 valence electrons. The fourth-order valence-corrected chi connectivity index (χ4v) is 0.742. The van der Waals surface area contributed by atoms with Crippen LogP contribution in [0, 0.1) is 0 Å². The van der Waals surface area contributed by atoms with E-state index in [9.17, 15) is 4.79 Å². The van der Waals surface area contributed by atoms with E-state index in [1.165, 1.54) is 4.90 Å². The highest BCUT2D eigenvalue weighted by Crippen LogP contribution is 2.04. The first-order valence-corrected chi connectivity index (χ1v) is 3.11. The monoisotopic (exact) mass is 138 g/mol. The number of primary amides is 1. The Morgan fingerprint density at radius 1 is 1.80 bits per heavy atom. The van der Waals surface area contributed by atoms with Crippen LogP contribution in [0.3, 0.4) is 0 Å². The molecule has 1 aliphatic rings. The quantitative estimate of drug-likeness (QED) is 0.529. The van der Waals surface area contributed by atoms with Crippen LogP contribution >= 0.6 is 0 Å². The van der Waals surface area contributed by atoms with Crippen molar-refractivity contribution in [1.29, 1.82) is 0 Å². The molecule has 0 unspecified atom stereocenters. The van der Waals surface area contributed by atoms with Gasteiger partial charge in [-0.1, -0.05) is 11.6 Å². The van der Waals surface area contributed by atoms with E-state index in [1.54, 1.807) is 6.20 Å². The minimum atomic E-state index is -0.403. The maximum absolute atomic E-state index is 10.5. The molecule has 0 spiro atoms. The van der Waals surface area contributed by atoms with E-state index >= 15 is 0 Å². The Labute approximate surface area is 59.8 Å². The van der Waals surface area contributed by atoms with Gasteiger partial charge in [-0.2, -0.15) is 0 Å². The molecule has 1 rings (SSSR count). The van der Waals surface area contributed by atoms with E-state index in [1.807, 2.05) is 19.1 Å². The lowest BCUT2D eigenvalue weighted by Crippen LogP contribution is -2.32. The van der Waals surface area contributed by atoms with Crippen LogP contribution in [0.5, 0.6) is 0 Å². The summed E-state index contributed by atoms with van der Waals surface area (Å²) in [6.45, 7) is 2.58. The second-order valence-electron chi connectivity index (χ2n) is 2.25. The molecule has 3 nitrogen and oxygen atoms in total. The zero-order valence-corrected chi connectivity index (χ0v) is 5.87. The second kappa shape index (κ2) is 2.56. The molecule has 0 aliphatic carbocycles. The second-order valence-corrected chi connectivity index (χ2v) is 2.25. The molecule has 1 heterocycles. The summed E-state index contributed by atoms with van der Waals surface area (Å²) in [6.07, 6.45) is 5.50. The zero-order chi connectivity index (χ0) is 7.56. The summed E-state index contributed by atoms with van der Waals surface area (Å²) in [5.74, 6) is 0. The number of hydrogen-bond donors (Lipinski definition) is 1. The number of nitrogens with two attached hydrogens (primary N) is 1.